The van der Waals surface area contributed by atoms with E-state index in [-0.39, 0.29) is 5.91 Å². The van der Waals surface area contributed by atoms with Gasteiger partial charge in [-0.3, -0.25) is 9.78 Å². The Morgan fingerprint density at radius 2 is 2.39 bits per heavy atom. The minimum atomic E-state index is -0.0218. The van der Waals surface area contributed by atoms with Crippen LogP contribution in [0.15, 0.2) is 30.6 Å². The lowest BCUT2D eigenvalue weighted by Gasteiger charge is -2.03. The highest BCUT2D eigenvalue weighted by atomic mass is 16.5. The first kappa shape index (κ1) is 14.3. The lowest BCUT2D eigenvalue weighted by molar-refractivity contribution is -0.120. The van der Waals surface area contributed by atoms with Crippen molar-refractivity contribution in [3.05, 3.63) is 36.2 Å². The molecule has 0 spiro atoms. The van der Waals surface area contributed by atoms with E-state index < -0.39 is 0 Å². The van der Waals surface area contributed by atoms with Crippen LogP contribution in [-0.2, 0) is 9.53 Å². The maximum Gasteiger partial charge on any atom is 0.223 e. The van der Waals surface area contributed by atoms with Gasteiger partial charge in [0.1, 0.15) is 0 Å². The van der Waals surface area contributed by atoms with E-state index in [0.29, 0.717) is 32.7 Å². The van der Waals surface area contributed by atoms with Crippen molar-refractivity contribution in [2.45, 2.75) is 6.42 Å². The maximum absolute atomic E-state index is 11.4. The zero-order chi connectivity index (χ0) is 13.1. The van der Waals surface area contributed by atoms with E-state index in [9.17, 15) is 4.79 Å². The fraction of sp³-hybridized carbons (Fsp3) is 0.385. The van der Waals surface area contributed by atoms with E-state index in [1.165, 1.54) is 0 Å². The van der Waals surface area contributed by atoms with E-state index >= 15 is 0 Å². The first-order valence-electron chi connectivity index (χ1n) is 5.94. The SMILES string of the molecule is NCCOCCNC(=O)CC=Cc1cccnc1. The molecule has 0 unspecified atom stereocenters. The molecule has 1 heterocycles. The fourth-order valence-electron chi connectivity index (χ4n) is 1.30. The number of pyridine rings is 1. The molecule has 0 saturated heterocycles. The van der Waals surface area contributed by atoms with Crippen molar-refractivity contribution in [3.8, 4) is 0 Å². The number of nitrogens with zero attached hydrogens (tertiary/aromatic N) is 1. The van der Waals surface area contributed by atoms with Crippen LogP contribution in [0.2, 0.25) is 0 Å². The van der Waals surface area contributed by atoms with Gasteiger partial charge in [-0.05, 0) is 11.6 Å². The highest BCUT2D eigenvalue weighted by molar-refractivity contribution is 5.78. The average molecular weight is 249 g/mol. The third kappa shape index (κ3) is 6.78. The highest BCUT2D eigenvalue weighted by Crippen LogP contribution is 1.99. The Labute approximate surface area is 107 Å². The molecule has 5 nitrogen and oxygen atoms in total. The van der Waals surface area contributed by atoms with Gasteiger partial charge in [-0.1, -0.05) is 18.2 Å². The number of ether oxygens (including phenoxy) is 1. The second-order valence-electron chi connectivity index (χ2n) is 3.64. The number of amides is 1. The van der Waals surface area contributed by atoms with Gasteiger partial charge in [0.15, 0.2) is 0 Å². The standard InChI is InChI=1S/C13H19N3O2/c14-6-9-18-10-8-16-13(17)5-1-3-12-4-2-7-15-11-12/h1-4,7,11H,5-6,8-10,14H2,(H,16,17). The molecule has 0 aliphatic rings. The molecule has 18 heavy (non-hydrogen) atoms. The molecule has 0 saturated carbocycles. The van der Waals surface area contributed by atoms with Crippen LogP contribution in [0.5, 0.6) is 0 Å². The van der Waals surface area contributed by atoms with Crippen LogP contribution in [0, 0.1) is 0 Å². The molecule has 0 aliphatic carbocycles. The summed E-state index contributed by atoms with van der Waals surface area (Å²) in [6, 6.07) is 3.79. The smallest absolute Gasteiger partial charge is 0.223 e. The van der Waals surface area contributed by atoms with E-state index in [2.05, 4.69) is 10.3 Å². The van der Waals surface area contributed by atoms with Gasteiger partial charge in [-0.2, -0.15) is 0 Å². The molecule has 1 rings (SSSR count). The summed E-state index contributed by atoms with van der Waals surface area (Å²) in [7, 11) is 0. The van der Waals surface area contributed by atoms with Crippen LogP contribution in [0.1, 0.15) is 12.0 Å². The van der Waals surface area contributed by atoms with Crippen molar-refractivity contribution in [2.75, 3.05) is 26.3 Å². The van der Waals surface area contributed by atoms with Gasteiger partial charge >= 0.3 is 0 Å². The molecule has 0 aromatic carbocycles. The second kappa shape index (κ2) is 9.32. The summed E-state index contributed by atoms with van der Waals surface area (Å²) in [5.74, 6) is -0.0218. The first-order chi connectivity index (χ1) is 8.83. The molecule has 1 aromatic heterocycles. The Kier molecular flexibility index (Phi) is 7.43. The van der Waals surface area contributed by atoms with Crippen LogP contribution >= 0.6 is 0 Å². The van der Waals surface area contributed by atoms with Crippen molar-refractivity contribution in [1.82, 2.24) is 10.3 Å². The summed E-state index contributed by atoms with van der Waals surface area (Å²) < 4.78 is 5.14. The van der Waals surface area contributed by atoms with Crippen molar-refractivity contribution >= 4 is 12.0 Å². The van der Waals surface area contributed by atoms with E-state index in [4.69, 9.17) is 10.5 Å². The molecule has 0 atom stereocenters. The number of aromatic nitrogens is 1. The van der Waals surface area contributed by atoms with Crippen LogP contribution < -0.4 is 11.1 Å². The third-order valence-electron chi connectivity index (χ3n) is 2.13. The van der Waals surface area contributed by atoms with Gasteiger partial charge < -0.3 is 15.8 Å². The minimum absolute atomic E-state index is 0.0218. The summed E-state index contributed by atoms with van der Waals surface area (Å²) in [5, 5.41) is 2.76. The molecule has 1 amide bonds. The summed E-state index contributed by atoms with van der Waals surface area (Å²) in [6.07, 6.45) is 7.50. The normalized spacial score (nSPS) is 10.7. The van der Waals surface area contributed by atoms with Crippen molar-refractivity contribution < 1.29 is 9.53 Å². The Morgan fingerprint density at radius 3 is 3.11 bits per heavy atom. The van der Waals surface area contributed by atoms with Gasteiger partial charge in [0.2, 0.25) is 5.91 Å². The van der Waals surface area contributed by atoms with Gasteiger partial charge in [0.05, 0.1) is 13.2 Å². The van der Waals surface area contributed by atoms with Crippen molar-refractivity contribution in [3.63, 3.8) is 0 Å². The van der Waals surface area contributed by atoms with E-state index in [1.54, 1.807) is 12.4 Å². The summed E-state index contributed by atoms with van der Waals surface area (Å²) in [5.41, 5.74) is 6.25. The molecule has 3 N–H and O–H groups in total. The molecular formula is C13H19N3O2. The molecule has 0 bridgehead atoms. The zero-order valence-electron chi connectivity index (χ0n) is 10.3. The number of nitrogens with one attached hydrogen (secondary N) is 1. The predicted molar refractivity (Wildman–Crippen MR) is 70.8 cm³/mol. The van der Waals surface area contributed by atoms with Crippen LogP contribution in [-0.4, -0.2) is 37.2 Å². The lowest BCUT2D eigenvalue weighted by Crippen LogP contribution is -2.27. The summed E-state index contributed by atoms with van der Waals surface area (Å²) in [6.45, 7) is 2.04. The summed E-state index contributed by atoms with van der Waals surface area (Å²) in [4.78, 5) is 15.4. The van der Waals surface area contributed by atoms with E-state index in [0.717, 1.165) is 5.56 Å². The fourth-order valence-corrected chi connectivity index (χ4v) is 1.30. The molecule has 0 fully saturated rings. The van der Waals surface area contributed by atoms with Crippen molar-refractivity contribution in [2.24, 2.45) is 5.73 Å². The quantitative estimate of drug-likeness (QED) is 0.661. The number of hydrogen-bond donors (Lipinski definition) is 2. The van der Waals surface area contributed by atoms with Crippen LogP contribution in [0.25, 0.3) is 6.08 Å². The van der Waals surface area contributed by atoms with Gasteiger partial charge in [0.25, 0.3) is 0 Å². The Hall–Kier alpha value is -1.72. The number of carbonyl (C=O) groups is 1. The average Bonchev–Trinajstić information content (AvgIpc) is 2.40. The van der Waals surface area contributed by atoms with Gasteiger partial charge in [-0.25, -0.2) is 0 Å². The van der Waals surface area contributed by atoms with Crippen LogP contribution in [0.4, 0.5) is 0 Å². The third-order valence-corrected chi connectivity index (χ3v) is 2.13. The maximum atomic E-state index is 11.4. The van der Waals surface area contributed by atoms with E-state index in [1.807, 2.05) is 24.3 Å². The Morgan fingerprint density at radius 1 is 1.50 bits per heavy atom. The highest BCUT2D eigenvalue weighted by Gasteiger charge is 1.96. The minimum Gasteiger partial charge on any atom is -0.378 e. The van der Waals surface area contributed by atoms with Crippen LogP contribution in [0.3, 0.4) is 0 Å². The summed E-state index contributed by atoms with van der Waals surface area (Å²) >= 11 is 0. The van der Waals surface area contributed by atoms with Gasteiger partial charge in [-0.15, -0.1) is 0 Å². The first-order valence-corrected chi connectivity index (χ1v) is 5.94. The monoisotopic (exact) mass is 249 g/mol. The molecule has 1 aromatic rings. The Balaban J connectivity index is 2.11. The number of rotatable bonds is 8. The number of hydrogen-bond acceptors (Lipinski definition) is 4. The second-order valence-corrected chi connectivity index (χ2v) is 3.64. The Bertz CT molecular complexity index is 366. The molecule has 98 valence electrons. The predicted octanol–water partition coefficient (Wildman–Crippen LogP) is 0.576. The zero-order valence-corrected chi connectivity index (χ0v) is 10.3. The number of nitrogens with two attached hydrogens (primary N) is 1. The topological polar surface area (TPSA) is 77.2 Å². The molecule has 0 aliphatic heterocycles. The van der Waals surface area contributed by atoms with Gasteiger partial charge in [0, 0.05) is 31.9 Å². The van der Waals surface area contributed by atoms with Crippen molar-refractivity contribution in [1.29, 1.82) is 0 Å². The molecular weight excluding hydrogens is 230 g/mol. The molecule has 5 heteroatoms. The molecule has 0 radical (unpaired) electrons. The lowest BCUT2D eigenvalue weighted by atomic mass is 10.2. The number of carbonyl (C=O) groups excluding carboxylic acids is 1. The largest absolute Gasteiger partial charge is 0.378 e.